The summed E-state index contributed by atoms with van der Waals surface area (Å²) in [6.45, 7) is 64.7. The van der Waals surface area contributed by atoms with Crippen molar-refractivity contribution in [3.63, 3.8) is 0 Å². The van der Waals surface area contributed by atoms with E-state index in [0.29, 0.717) is 12.8 Å². The zero-order valence-electron chi connectivity index (χ0n) is 70.4. The number of likely N-dealkylation sites (N-methyl/N-ethyl adjacent to an activating group) is 2. The highest BCUT2D eigenvalue weighted by atomic mass is 16.3. The molecule has 0 aromatic heterocycles. The van der Waals surface area contributed by atoms with Gasteiger partial charge in [0, 0.05) is 39.7 Å². The van der Waals surface area contributed by atoms with E-state index in [-0.39, 0.29) is 78.9 Å². The molecule has 0 aliphatic carbocycles. The Kier molecular flexibility index (Phi) is 280. The molecule has 1 heterocycles. The molecular weight excluding hydrogens is 1290 g/mol. The molecule has 101 heavy (non-hydrogen) atoms. The molecule has 1 aliphatic heterocycles. The van der Waals surface area contributed by atoms with Crippen LogP contribution in [0.25, 0.3) is 0 Å². The second kappa shape index (κ2) is 170. The molecule has 0 radical (unpaired) electrons. The number of aliphatic hydroxyl groups excluding tert-OH is 1. The van der Waals surface area contributed by atoms with Gasteiger partial charge in [0.15, 0.2) is 0 Å². The van der Waals surface area contributed by atoms with Crippen molar-refractivity contribution in [1.82, 2.24) is 50.8 Å². The van der Waals surface area contributed by atoms with Crippen LogP contribution in [0, 0.1) is 29.6 Å². The molecule has 27 heteroatoms. The van der Waals surface area contributed by atoms with Gasteiger partial charge >= 0.3 is 0 Å². The van der Waals surface area contributed by atoms with Gasteiger partial charge in [-0.05, 0) is 121 Å². The van der Waals surface area contributed by atoms with E-state index in [1.165, 1.54) is 62.0 Å². The molecule has 27 nitrogen and oxygen atoms in total. The maximum atomic E-state index is 13.4. The summed E-state index contributed by atoms with van der Waals surface area (Å²) in [7, 11) is 9.19. The molecule has 2 aromatic rings. The van der Waals surface area contributed by atoms with Crippen molar-refractivity contribution in [3.8, 4) is 0 Å². The number of carbonyl (C=O) groups excluding carboxylic acids is 13. The van der Waals surface area contributed by atoms with Crippen LogP contribution in [0.5, 0.6) is 0 Å². The topological polar surface area (TPSA) is 543 Å². The van der Waals surface area contributed by atoms with Crippen LogP contribution in [0.15, 0.2) is 60.7 Å². The third-order valence-electron chi connectivity index (χ3n) is 10.5. The predicted molar refractivity (Wildman–Crippen MR) is 438 cm³/mol. The summed E-state index contributed by atoms with van der Waals surface area (Å²) < 4.78 is 0. The van der Waals surface area contributed by atoms with E-state index < -0.39 is 12.1 Å². The van der Waals surface area contributed by atoms with Gasteiger partial charge in [-0.3, -0.25) is 19.2 Å². The second-order valence-electron chi connectivity index (χ2n) is 19.6. The lowest BCUT2D eigenvalue weighted by atomic mass is 9.95. The van der Waals surface area contributed by atoms with Gasteiger partial charge in [-0.25, -0.2) is 0 Å². The van der Waals surface area contributed by atoms with Gasteiger partial charge in [0.05, 0.1) is 6.54 Å². The van der Waals surface area contributed by atoms with E-state index >= 15 is 0 Å². The molecule has 3 atom stereocenters. The first-order valence-corrected chi connectivity index (χ1v) is 32.7. The number of aliphatic hydroxyl groups is 1. The fraction of sp³-hybridized carbons (Fsp3) is 0.662. The van der Waals surface area contributed by atoms with E-state index in [9.17, 15) is 19.2 Å². The predicted octanol–water partition coefficient (Wildman–Crippen LogP) is 12.4. The Balaban J connectivity index is -0.0000000326. The average molecular weight is 1470 g/mol. The van der Waals surface area contributed by atoms with E-state index in [1.54, 1.807) is 34.9 Å². The first kappa shape index (κ1) is 166. The minimum Gasteiger partial charge on any atom is -0.394 e. The van der Waals surface area contributed by atoms with E-state index in [2.05, 4.69) is 153 Å². The van der Waals surface area contributed by atoms with Crippen molar-refractivity contribution in [2.24, 2.45) is 52.5 Å². The molecule has 2 aromatic carbocycles. The Labute approximate surface area is 621 Å². The third-order valence-corrected chi connectivity index (χ3v) is 10.5. The summed E-state index contributed by atoms with van der Waals surface area (Å²) in [6, 6.07) is 19.6. The molecule has 1 fully saturated rings. The highest BCUT2D eigenvalue weighted by Gasteiger charge is 2.35. The van der Waals surface area contributed by atoms with Crippen molar-refractivity contribution in [3.05, 3.63) is 71.8 Å². The SMILES string of the molecule is C=O.C=O.C=O.C=O.C=O.C=O.C=O.C=O.C=O.CC.CC.CC(C)C.CC(C)O.CCC(=O)N(C)CC(=O)N(C)[C@@H](CC(C)C)C(=O)N[C@H](C(=O)N1CCCCC1)[C@@H](C)CC.CCC(C)C.CCC(C)C.CCc1ccccc1.CCc1ccccc1.CN.CN.CN.CN.N.N.N.N.N. The summed E-state index contributed by atoms with van der Waals surface area (Å²) in [5.74, 6) is 2.01. The number of likely N-dealkylation sites (tertiary alicyclic amines) is 1. The van der Waals surface area contributed by atoms with Crippen molar-refractivity contribution >= 4 is 84.7 Å². The Bertz CT molecular complexity index is 1550. The fourth-order valence-corrected chi connectivity index (χ4v) is 5.40. The van der Waals surface area contributed by atoms with Crippen molar-refractivity contribution in [2.45, 2.75) is 235 Å². The number of rotatable bonds is 15. The van der Waals surface area contributed by atoms with Gasteiger partial charge in [-0.1, -0.05) is 218 Å². The molecule has 4 amide bonds. The minimum absolute atomic E-state index is 0. The highest BCUT2D eigenvalue weighted by molar-refractivity contribution is 5.93. The van der Waals surface area contributed by atoms with Crippen LogP contribution in [-0.2, 0) is 75.2 Å². The zero-order chi connectivity index (χ0) is 81.8. The lowest BCUT2D eigenvalue weighted by Gasteiger charge is -2.35. The number of piperidine rings is 1. The Morgan fingerprint density at radius 2 is 0.703 bits per heavy atom. The number of amides is 4. The molecule has 0 saturated carbocycles. The number of nitrogens with one attached hydrogen (secondary N) is 1. The second-order valence-corrected chi connectivity index (χ2v) is 19.6. The van der Waals surface area contributed by atoms with Crippen molar-refractivity contribution in [2.75, 3.05) is 61.9 Å². The molecule has 0 unspecified atom stereocenters. The van der Waals surface area contributed by atoms with Crippen LogP contribution in [-0.4, -0.2) is 185 Å². The Morgan fingerprint density at radius 3 is 0.891 bits per heavy atom. The largest absolute Gasteiger partial charge is 0.394 e. The van der Waals surface area contributed by atoms with Gasteiger partial charge in [-0.15, -0.1) is 0 Å². The van der Waals surface area contributed by atoms with Gasteiger partial charge in [0.1, 0.15) is 73.2 Å². The number of nitrogens with two attached hydrogens (primary N) is 4. The van der Waals surface area contributed by atoms with E-state index in [1.807, 2.05) is 134 Å². The molecule has 25 N–H and O–H groups in total. The number of benzene rings is 2. The normalized spacial score (nSPS) is 9.15. The molecule has 616 valence electrons. The standard InChI is InChI=1S/C24H44N4O4.2C8H10.2C5H12.C4H10.C3H8O.2C2H6.4CH5N.9CH2O.5H3N/c1-8-18(5)22(24(32)28-13-11-10-12-14-28)25-23(31)19(15-17(3)4)27(7)21(30)16-26(6)20(29)9-2;2*1-2-8-6-4-3-5-7-8;2*1-4-5(2)3;1-4(2)3;1-3(2)4;15*1-2;;;;;/h17-19,22H,8-16H2,1-7H3,(H,25,31);2*3-7H,2H2,1H3;2*5H,4H2,1-3H3;4H,1-3H3;3-4H,1-2H3;2*1-2H3;4*2H2,1H3;9*1H2;5*1H3/t18-,19-,22-;;;;;;;;;;;;;;;;;;;;;;;;;;/m0........................../s1. The maximum Gasteiger partial charge on any atom is 0.245 e. The van der Waals surface area contributed by atoms with Crippen LogP contribution in [0.2, 0.25) is 0 Å². The number of hydrogen-bond acceptors (Lipinski definition) is 23. The Hall–Kier alpha value is -7.05. The monoisotopic (exact) mass is 1470 g/mol. The number of hydrogen-bond donors (Lipinski definition) is 11. The molecular formula is C74H171N13O14. The van der Waals surface area contributed by atoms with Crippen molar-refractivity contribution in [1.29, 1.82) is 0 Å². The smallest absolute Gasteiger partial charge is 0.245 e. The highest BCUT2D eigenvalue weighted by Crippen LogP contribution is 2.18. The molecule has 0 spiro atoms. The van der Waals surface area contributed by atoms with Crippen LogP contribution < -0.4 is 59.0 Å². The van der Waals surface area contributed by atoms with Crippen molar-refractivity contribution < 1.29 is 67.4 Å². The third kappa shape index (κ3) is 162. The quantitative estimate of drug-likeness (QED) is 0.0789. The molecule has 1 saturated heterocycles. The fourth-order valence-electron chi connectivity index (χ4n) is 5.40. The van der Waals surface area contributed by atoms with Crippen LogP contribution in [0.1, 0.15) is 215 Å². The van der Waals surface area contributed by atoms with Gasteiger partial charge in [0.25, 0.3) is 0 Å². The summed E-state index contributed by atoms with van der Waals surface area (Å²) in [5.41, 5.74) is 20.8. The van der Waals surface area contributed by atoms with Crippen LogP contribution >= 0.6 is 0 Å². The zero-order valence-corrected chi connectivity index (χ0v) is 70.4. The number of nitrogens with zero attached hydrogens (tertiary/aromatic N) is 3. The van der Waals surface area contributed by atoms with E-state index in [0.717, 1.165) is 69.4 Å². The number of carbonyl (C=O) groups is 13. The average Bonchev–Trinajstić information content (AvgIpc) is 0.838. The molecule has 3 rings (SSSR count). The first-order valence-electron chi connectivity index (χ1n) is 32.7. The van der Waals surface area contributed by atoms with Gasteiger partial charge in [0.2, 0.25) is 23.6 Å². The Morgan fingerprint density at radius 1 is 0.455 bits per heavy atom. The summed E-state index contributed by atoms with van der Waals surface area (Å²) in [4.78, 5) is 128. The van der Waals surface area contributed by atoms with Crippen LogP contribution in [0.4, 0.5) is 0 Å². The van der Waals surface area contributed by atoms with Crippen LogP contribution in [0.3, 0.4) is 0 Å². The number of aryl methyl sites for hydroxylation is 2. The van der Waals surface area contributed by atoms with E-state index in [4.69, 9.17) is 48.3 Å². The molecule has 1 aliphatic rings. The maximum absolute atomic E-state index is 13.4. The lowest BCUT2D eigenvalue weighted by molar-refractivity contribution is -0.145. The molecule has 0 bridgehead atoms. The summed E-state index contributed by atoms with van der Waals surface area (Å²) in [6.07, 6.45) is 9.39. The minimum atomic E-state index is -0.701. The van der Waals surface area contributed by atoms with Gasteiger partial charge < -0.3 is 122 Å². The summed E-state index contributed by atoms with van der Waals surface area (Å²) >= 11 is 0. The van der Waals surface area contributed by atoms with Gasteiger partial charge in [-0.2, -0.15) is 0 Å². The first-order chi connectivity index (χ1) is 45.9. The lowest BCUT2D eigenvalue weighted by Crippen LogP contribution is -2.58. The summed E-state index contributed by atoms with van der Waals surface area (Å²) in [5, 5.41) is 11.0.